The third-order valence-corrected chi connectivity index (χ3v) is 4.68. The lowest BCUT2D eigenvalue weighted by molar-refractivity contribution is -0.307. The Morgan fingerprint density at radius 3 is 2.58 bits per heavy atom. The van der Waals surface area contributed by atoms with Crippen LogP contribution in [0.3, 0.4) is 0 Å². The lowest BCUT2D eigenvalue weighted by Crippen LogP contribution is -2.71. The van der Waals surface area contributed by atoms with E-state index in [-0.39, 0.29) is 6.61 Å². The molecule has 2 heterocycles. The minimum absolute atomic E-state index is 0.0825. The van der Waals surface area contributed by atoms with Crippen LogP contribution in [0.5, 0.6) is 0 Å². The summed E-state index contributed by atoms with van der Waals surface area (Å²) in [7, 11) is 2.69. The summed E-state index contributed by atoms with van der Waals surface area (Å²) >= 11 is 3.35. The zero-order valence-corrected chi connectivity index (χ0v) is 14.7. The van der Waals surface area contributed by atoms with Crippen LogP contribution in [0.25, 0.3) is 0 Å². The summed E-state index contributed by atoms with van der Waals surface area (Å²) in [5.74, 6) is -2.05. The van der Waals surface area contributed by atoms with Gasteiger partial charge in [-0.3, -0.25) is 9.63 Å². The van der Waals surface area contributed by atoms with Gasteiger partial charge in [0.1, 0.15) is 6.61 Å². The van der Waals surface area contributed by atoms with Crippen molar-refractivity contribution < 1.29 is 28.6 Å². The Morgan fingerprint density at radius 2 is 1.96 bits per heavy atom. The summed E-state index contributed by atoms with van der Waals surface area (Å²) in [4.78, 5) is 30.3. The second kappa shape index (κ2) is 6.64. The maximum Gasteiger partial charge on any atom is 0.435 e. The maximum absolute atomic E-state index is 12.4. The van der Waals surface area contributed by atoms with Crippen LogP contribution < -0.4 is 0 Å². The number of fused-ring (bicyclic) bond motifs is 2. The van der Waals surface area contributed by atoms with Crippen LogP contribution in [0.2, 0.25) is 0 Å². The Balaban J connectivity index is 1.80. The molecule has 2 bridgehead atoms. The highest BCUT2D eigenvalue weighted by Crippen LogP contribution is 2.42. The Hall–Kier alpha value is -1.74. The molecule has 0 N–H and O–H groups in total. The van der Waals surface area contributed by atoms with Crippen molar-refractivity contribution in [1.82, 2.24) is 5.06 Å². The van der Waals surface area contributed by atoms with Gasteiger partial charge in [0.05, 0.1) is 0 Å². The van der Waals surface area contributed by atoms with Gasteiger partial charge >= 0.3 is 6.09 Å². The standard InChI is InChI=1S/C16H16BrNO6/c1-21-16(22-2)13-11(17)8-12(14(16)19)24-18(13)15(20)23-9-10-6-4-3-5-7-10/h3-8,12-13H,9H2,1-2H3/t12-,13+/m0/s1. The Kier molecular flexibility index (Phi) is 4.73. The highest BCUT2D eigenvalue weighted by Gasteiger charge is 2.63. The molecule has 8 heteroatoms. The van der Waals surface area contributed by atoms with E-state index in [0.29, 0.717) is 4.48 Å². The summed E-state index contributed by atoms with van der Waals surface area (Å²) in [5.41, 5.74) is 0.837. The molecule has 4 rings (SSSR count). The van der Waals surface area contributed by atoms with Gasteiger partial charge in [-0.2, -0.15) is 5.06 Å². The van der Waals surface area contributed by atoms with E-state index in [1.165, 1.54) is 14.2 Å². The third-order valence-electron chi connectivity index (χ3n) is 3.99. The summed E-state index contributed by atoms with van der Waals surface area (Å²) in [6.07, 6.45) is -0.150. The Bertz CT molecular complexity index is 672. The number of rotatable bonds is 4. The molecular weight excluding hydrogens is 382 g/mol. The van der Waals surface area contributed by atoms with E-state index in [1.54, 1.807) is 6.08 Å². The second-order valence-electron chi connectivity index (χ2n) is 5.29. The van der Waals surface area contributed by atoms with Crippen LogP contribution in [-0.4, -0.2) is 49.1 Å². The lowest BCUT2D eigenvalue weighted by atomic mass is 9.89. The SMILES string of the molecule is COC1(OC)C(=O)[C@@H]2C=C(Br)[C@H]1N(C(=O)OCc1ccccc1)O2. The van der Waals surface area contributed by atoms with Gasteiger partial charge in [0.25, 0.3) is 5.79 Å². The molecule has 0 aromatic heterocycles. The molecular formula is C16H16BrNO6. The topological polar surface area (TPSA) is 74.3 Å². The van der Waals surface area contributed by atoms with E-state index in [1.807, 2.05) is 30.3 Å². The normalized spacial score (nSPS) is 24.7. The van der Waals surface area contributed by atoms with E-state index in [9.17, 15) is 9.59 Å². The molecule has 2 aliphatic heterocycles. The minimum atomic E-state index is -1.64. The largest absolute Gasteiger partial charge is 0.443 e. The summed E-state index contributed by atoms with van der Waals surface area (Å²) in [6.45, 7) is 0.0825. The number of nitrogens with zero attached hydrogens (tertiary/aromatic N) is 1. The van der Waals surface area contributed by atoms with Crippen molar-refractivity contribution in [3.8, 4) is 0 Å². The first-order valence-electron chi connectivity index (χ1n) is 7.22. The molecule has 1 saturated heterocycles. The van der Waals surface area contributed by atoms with Crippen molar-refractivity contribution >= 4 is 27.8 Å². The molecule has 0 unspecified atom stereocenters. The predicted molar refractivity (Wildman–Crippen MR) is 85.9 cm³/mol. The van der Waals surface area contributed by atoms with E-state index >= 15 is 0 Å². The quantitative estimate of drug-likeness (QED) is 0.724. The smallest absolute Gasteiger partial charge is 0.435 e. The molecule has 0 saturated carbocycles. The van der Waals surface area contributed by atoms with Gasteiger partial charge < -0.3 is 14.2 Å². The number of hydroxylamine groups is 2. The molecule has 0 radical (unpaired) electrons. The first-order valence-corrected chi connectivity index (χ1v) is 8.01. The number of halogens is 1. The van der Waals surface area contributed by atoms with Crippen LogP contribution in [0, 0.1) is 0 Å². The molecule has 24 heavy (non-hydrogen) atoms. The van der Waals surface area contributed by atoms with E-state index in [2.05, 4.69) is 15.9 Å². The van der Waals surface area contributed by atoms with Crippen molar-refractivity contribution in [2.24, 2.45) is 0 Å². The number of ketones is 1. The van der Waals surface area contributed by atoms with Crippen LogP contribution in [0.1, 0.15) is 5.56 Å². The highest BCUT2D eigenvalue weighted by molar-refractivity contribution is 9.11. The zero-order valence-electron chi connectivity index (χ0n) is 13.1. The van der Waals surface area contributed by atoms with Crippen molar-refractivity contribution in [1.29, 1.82) is 0 Å². The number of hydrogen-bond donors (Lipinski definition) is 0. The maximum atomic E-state index is 12.4. The van der Waals surface area contributed by atoms with E-state index in [0.717, 1.165) is 10.6 Å². The highest BCUT2D eigenvalue weighted by atomic mass is 79.9. The fourth-order valence-electron chi connectivity index (χ4n) is 2.79. The number of carbonyl (C=O) groups excluding carboxylic acids is 2. The van der Waals surface area contributed by atoms with E-state index < -0.39 is 29.8 Å². The molecule has 1 aromatic rings. The van der Waals surface area contributed by atoms with Gasteiger partial charge in [0, 0.05) is 18.7 Å². The monoisotopic (exact) mass is 397 g/mol. The van der Waals surface area contributed by atoms with Crippen molar-refractivity contribution in [3.63, 3.8) is 0 Å². The molecule has 1 amide bonds. The fraction of sp³-hybridized carbons (Fsp3) is 0.375. The molecule has 2 atom stereocenters. The number of amides is 1. The number of Topliss-reactive ketones (excluding diaryl/α,β-unsaturated/α-hetero) is 1. The molecule has 0 spiro atoms. The molecule has 1 aromatic carbocycles. The van der Waals surface area contributed by atoms with Crippen LogP contribution in [-0.2, 0) is 30.4 Å². The summed E-state index contributed by atoms with van der Waals surface area (Å²) in [6, 6.07) is 8.32. The molecule has 1 fully saturated rings. The van der Waals surface area contributed by atoms with Crippen LogP contribution in [0.4, 0.5) is 4.79 Å². The number of hydrogen-bond acceptors (Lipinski definition) is 6. The third kappa shape index (κ3) is 2.65. The molecule has 128 valence electrons. The molecule has 7 nitrogen and oxygen atoms in total. The molecule has 1 aliphatic carbocycles. The Morgan fingerprint density at radius 1 is 1.29 bits per heavy atom. The zero-order chi connectivity index (χ0) is 17.3. The minimum Gasteiger partial charge on any atom is -0.443 e. The van der Waals surface area contributed by atoms with Gasteiger partial charge in [-0.05, 0) is 11.6 Å². The first-order chi connectivity index (χ1) is 11.5. The Labute approximate surface area is 147 Å². The van der Waals surface area contributed by atoms with Gasteiger partial charge in [0.15, 0.2) is 12.1 Å². The number of carbonyl (C=O) groups is 2. The van der Waals surface area contributed by atoms with Crippen molar-refractivity contribution in [2.45, 2.75) is 24.5 Å². The van der Waals surface area contributed by atoms with Crippen molar-refractivity contribution in [2.75, 3.05) is 14.2 Å². The van der Waals surface area contributed by atoms with Gasteiger partial charge in [-0.25, -0.2) is 4.79 Å². The average molecular weight is 398 g/mol. The molecule has 3 aliphatic rings. The van der Waals surface area contributed by atoms with Gasteiger partial charge in [0.2, 0.25) is 5.78 Å². The predicted octanol–water partition coefficient (Wildman–Crippen LogP) is 2.16. The summed E-state index contributed by atoms with van der Waals surface area (Å²) in [5, 5.41) is 0.978. The lowest BCUT2D eigenvalue weighted by Gasteiger charge is -2.49. The van der Waals surface area contributed by atoms with Gasteiger partial charge in [-0.1, -0.05) is 46.3 Å². The summed E-state index contributed by atoms with van der Waals surface area (Å²) < 4.78 is 16.5. The van der Waals surface area contributed by atoms with Crippen LogP contribution in [0.15, 0.2) is 40.9 Å². The second-order valence-corrected chi connectivity index (χ2v) is 6.20. The van der Waals surface area contributed by atoms with Crippen molar-refractivity contribution in [3.05, 3.63) is 46.5 Å². The fourth-order valence-corrected chi connectivity index (χ4v) is 3.52. The number of ether oxygens (including phenoxy) is 3. The van der Waals surface area contributed by atoms with E-state index in [4.69, 9.17) is 19.0 Å². The first kappa shape index (κ1) is 17.1. The number of methoxy groups -OCH3 is 2. The van der Waals surface area contributed by atoms with Gasteiger partial charge in [-0.15, -0.1) is 0 Å². The number of benzene rings is 1. The van der Waals surface area contributed by atoms with Crippen LogP contribution >= 0.6 is 15.9 Å². The average Bonchev–Trinajstić information content (AvgIpc) is 2.62.